The average molecular weight is 399 g/mol. The summed E-state index contributed by atoms with van der Waals surface area (Å²) in [5.41, 5.74) is 0. The van der Waals surface area contributed by atoms with Crippen molar-refractivity contribution in [2.45, 2.75) is 43.9 Å². The first-order valence-electron chi connectivity index (χ1n) is 6.83. The van der Waals surface area contributed by atoms with Crippen LogP contribution in [0.4, 0.5) is 23.5 Å². The van der Waals surface area contributed by atoms with E-state index in [0.717, 1.165) is 48.5 Å². The van der Waals surface area contributed by atoms with Gasteiger partial charge in [-0.3, -0.25) is 28.3 Å². The second-order valence-electron chi connectivity index (χ2n) is 5.04. The summed E-state index contributed by atoms with van der Waals surface area (Å²) in [5.74, 6) is 0.762. The minimum Gasteiger partial charge on any atom is -0.386 e. The van der Waals surface area contributed by atoms with Gasteiger partial charge in [0.15, 0.2) is 0 Å². The zero-order chi connectivity index (χ0) is 13.7. The van der Waals surface area contributed by atoms with Crippen molar-refractivity contribution < 1.29 is 32.5 Å². The molecule has 0 saturated heterocycles. The van der Waals surface area contributed by atoms with Gasteiger partial charge in [-0.25, -0.2) is 0 Å². The Bertz CT molecular complexity index is 446. The van der Waals surface area contributed by atoms with Gasteiger partial charge >= 0.3 is 5.97 Å². The molecule has 144 valence electrons. The second kappa shape index (κ2) is 15.5. The van der Waals surface area contributed by atoms with E-state index in [2.05, 4.69) is 6.92 Å². The van der Waals surface area contributed by atoms with Crippen LogP contribution >= 0.6 is 23.6 Å². The van der Waals surface area contributed by atoms with E-state index in [4.69, 9.17) is 15.8 Å². The smallest absolute Gasteiger partial charge is 0.321 e. The van der Waals surface area contributed by atoms with Crippen LogP contribution < -0.4 is 0 Å². The molecule has 1 saturated carbocycles. The van der Waals surface area contributed by atoms with Crippen LogP contribution in [0.15, 0.2) is 29.2 Å². The molecule has 0 spiro atoms. The zero-order valence-electron chi connectivity index (χ0n) is 13.1. The highest BCUT2D eigenvalue weighted by molar-refractivity contribution is 7.95. The maximum absolute atomic E-state index is 12.0. The second-order valence-corrected chi connectivity index (χ2v) is 6.22. The van der Waals surface area contributed by atoms with Gasteiger partial charge in [-0.05, 0) is 43.7 Å². The van der Waals surface area contributed by atoms with Gasteiger partial charge in [0.05, 0.1) is 27.9 Å². The lowest BCUT2D eigenvalue weighted by molar-refractivity contribution is -0.138. The van der Waals surface area contributed by atoms with Gasteiger partial charge in [0.1, 0.15) is 0 Å². The van der Waals surface area contributed by atoms with Gasteiger partial charge in [0.25, 0.3) is 0 Å². The SMILES string of the molecule is CCC1CCC(C(=O)OSc2ccccc2Cl)CC1.F.F.F.F.F. The van der Waals surface area contributed by atoms with E-state index < -0.39 is 0 Å². The van der Waals surface area contributed by atoms with Crippen molar-refractivity contribution in [2.24, 2.45) is 11.8 Å². The first-order valence-corrected chi connectivity index (χ1v) is 7.95. The van der Waals surface area contributed by atoms with Crippen LogP contribution in [0.1, 0.15) is 39.0 Å². The molecule has 2 nitrogen and oxygen atoms in total. The fourth-order valence-electron chi connectivity index (χ4n) is 2.47. The molecule has 1 aromatic rings. The third-order valence-corrected chi connectivity index (χ3v) is 5.03. The quantitative estimate of drug-likeness (QED) is 0.468. The van der Waals surface area contributed by atoms with E-state index in [1.165, 1.54) is 6.42 Å². The Morgan fingerprint density at radius 1 is 1.08 bits per heavy atom. The fraction of sp³-hybridized carbons (Fsp3) is 0.533. The summed E-state index contributed by atoms with van der Waals surface area (Å²) in [6.07, 6.45) is 5.43. The highest BCUT2D eigenvalue weighted by Gasteiger charge is 2.27. The van der Waals surface area contributed by atoms with Gasteiger partial charge < -0.3 is 4.18 Å². The van der Waals surface area contributed by atoms with Crippen molar-refractivity contribution in [3.63, 3.8) is 0 Å². The first kappa shape index (κ1) is 30.8. The minimum absolute atomic E-state index is 0. The van der Waals surface area contributed by atoms with Gasteiger partial charge in [0, 0.05) is 0 Å². The molecule has 1 fully saturated rings. The molecule has 0 N–H and O–H groups in total. The van der Waals surface area contributed by atoms with Gasteiger partial charge in [-0.2, -0.15) is 0 Å². The van der Waals surface area contributed by atoms with Crippen LogP contribution in [-0.4, -0.2) is 5.97 Å². The van der Waals surface area contributed by atoms with E-state index >= 15 is 0 Å². The summed E-state index contributed by atoms with van der Waals surface area (Å²) in [5, 5.41) is 0.620. The molecule has 2 rings (SSSR count). The van der Waals surface area contributed by atoms with Crippen LogP contribution in [0.2, 0.25) is 5.02 Å². The Kier molecular flexibility index (Phi) is 19.9. The summed E-state index contributed by atoms with van der Waals surface area (Å²) >= 11 is 7.09. The number of hydrogen-bond donors (Lipinski definition) is 0. The monoisotopic (exact) mass is 398 g/mol. The van der Waals surface area contributed by atoms with Gasteiger partial charge in [-0.1, -0.05) is 37.1 Å². The molecule has 1 aromatic carbocycles. The molecular formula is C15H24ClF5O2S. The maximum atomic E-state index is 12.0. The van der Waals surface area contributed by atoms with Crippen LogP contribution in [0.25, 0.3) is 0 Å². The Labute approximate surface area is 147 Å². The van der Waals surface area contributed by atoms with Crippen LogP contribution in [0.5, 0.6) is 0 Å². The molecule has 9 heteroatoms. The molecule has 24 heavy (non-hydrogen) atoms. The minimum atomic E-state index is -0.0977. The number of rotatable bonds is 4. The van der Waals surface area contributed by atoms with E-state index in [-0.39, 0.29) is 35.4 Å². The number of halogens is 6. The summed E-state index contributed by atoms with van der Waals surface area (Å²) < 4.78 is 5.31. The normalized spacial score (nSPS) is 18.2. The summed E-state index contributed by atoms with van der Waals surface area (Å²) in [6, 6.07) is 7.40. The standard InChI is InChI=1S/C15H19ClO2S.5FH/c1-2-11-7-9-12(10-8-11)15(17)18-19-14-6-4-3-5-13(14)16;;;;;/h3-6,11-12H,2,7-10H2,1H3;5*1H. The fourth-order valence-corrected chi connectivity index (χ4v) is 3.29. The van der Waals surface area contributed by atoms with Crippen LogP contribution in [0, 0.1) is 11.8 Å². The lowest BCUT2D eigenvalue weighted by Crippen LogP contribution is -2.22. The highest BCUT2D eigenvalue weighted by atomic mass is 35.5. The maximum Gasteiger partial charge on any atom is 0.321 e. The van der Waals surface area contributed by atoms with Crippen LogP contribution in [-0.2, 0) is 8.98 Å². The number of carbonyl (C=O) groups is 1. The van der Waals surface area contributed by atoms with Crippen molar-refractivity contribution in [1.82, 2.24) is 0 Å². The Morgan fingerprint density at radius 2 is 1.62 bits per heavy atom. The molecule has 0 heterocycles. The molecule has 0 atom stereocenters. The Morgan fingerprint density at radius 3 is 2.12 bits per heavy atom. The van der Waals surface area contributed by atoms with E-state index in [1.54, 1.807) is 6.07 Å². The predicted molar refractivity (Wildman–Crippen MR) is 91.7 cm³/mol. The van der Waals surface area contributed by atoms with Crippen LogP contribution in [0.3, 0.4) is 0 Å². The molecule has 0 aromatic heterocycles. The number of hydrogen-bond acceptors (Lipinski definition) is 3. The Hall–Kier alpha value is -1.02. The van der Waals surface area contributed by atoms with E-state index in [0.29, 0.717) is 5.02 Å². The zero-order valence-corrected chi connectivity index (χ0v) is 14.7. The molecule has 0 radical (unpaired) electrons. The average Bonchev–Trinajstić information content (AvgIpc) is 2.46. The first-order chi connectivity index (χ1) is 9.20. The Balaban J connectivity index is -0.000000400. The van der Waals surface area contributed by atoms with Gasteiger partial charge in [0.2, 0.25) is 0 Å². The van der Waals surface area contributed by atoms with Crippen molar-refractivity contribution >= 4 is 29.6 Å². The van der Waals surface area contributed by atoms with Crippen molar-refractivity contribution in [3.8, 4) is 0 Å². The highest BCUT2D eigenvalue weighted by Crippen LogP contribution is 2.34. The predicted octanol–water partition coefficient (Wildman–Crippen LogP) is 5.87. The van der Waals surface area contributed by atoms with Crippen molar-refractivity contribution in [2.75, 3.05) is 0 Å². The van der Waals surface area contributed by atoms with E-state index in [9.17, 15) is 4.79 Å². The number of benzene rings is 1. The molecule has 0 amide bonds. The molecule has 1 aliphatic rings. The molecule has 1 aliphatic carbocycles. The lowest BCUT2D eigenvalue weighted by Gasteiger charge is -2.25. The van der Waals surface area contributed by atoms with Gasteiger partial charge in [-0.15, -0.1) is 0 Å². The summed E-state index contributed by atoms with van der Waals surface area (Å²) in [4.78, 5) is 12.8. The summed E-state index contributed by atoms with van der Waals surface area (Å²) in [6.45, 7) is 2.22. The van der Waals surface area contributed by atoms with E-state index in [1.807, 2.05) is 18.2 Å². The van der Waals surface area contributed by atoms with Crippen molar-refractivity contribution in [3.05, 3.63) is 29.3 Å². The summed E-state index contributed by atoms with van der Waals surface area (Å²) in [7, 11) is 0. The number of carbonyl (C=O) groups excluding carboxylic acids is 1. The largest absolute Gasteiger partial charge is 0.386 e. The molecule has 0 unspecified atom stereocenters. The molecule has 0 bridgehead atoms. The molecule has 0 aliphatic heterocycles. The van der Waals surface area contributed by atoms with Crippen molar-refractivity contribution in [1.29, 1.82) is 0 Å². The topological polar surface area (TPSA) is 26.3 Å². The third kappa shape index (κ3) is 8.73. The molecular weight excluding hydrogens is 375 g/mol. The lowest BCUT2D eigenvalue weighted by atomic mass is 9.81. The third-order valence-electron chi connectivity index (χ3n) is 3.81.